The average Bonchev–Trinajstić information content (AvgIpc) is 3.72. The maximum Gasteiger partial charge on any atom is 0.254 e. The molecule has 0 atom stereocenters. The number of ketones is 1. The molecule has 2 aromatic rings. The number of ether oxygens (including phenoxy) is 1. The van der Waals surface area contributed by atoms with Crippen LogP contribution in [0.5, 0.6) is 5.75 Å². The molecular formula is C28H36N4O4. The van der Waals surface area contributed by atoms with Gasteiger partial charge in [0.1, 0.15) is 11.6 Å². The maximum absolute atomic E-state index is 13.3. The Hall–Kier alpha value is -3.00. The van der Waals surface area contributed by atoms with E-state index in [9.17, 15) is 14.4 Å². The molecule has 192 valence electrons. The number of hydrogen-bond donors (Lipinski definition) is 1. The maximum atomic E-state index is 13.3. The van der Waals surface area contributed by atoms with Gasteiger partial charge in [0.15, 0.2) is 5.78 Å². The van der Waals surface area contributed by atoms with Crippen molar-refractivity contribution in [2.24, 2.45) is 11.8 Å². The molecule has 8 nitrogen and oxygen atoms in total. The van der Waals surface area contributed by atoms with Crippen LogP contribution in [0.2, 0.25) is 0 Å². The number of nitrogens with zero attached hydrogens (tertiary/aromatic N) is 3. The highest BCUT2D eigenvalue weighted by Crippen LogP contribution is 2.30. The number of aromatic nitrogens is 2. The molecule has 1 aliphatic heterocycles. The van der Waals surface area contributed by atoms with E-state index in [1.807, 2.05) is 29.2 Å². The lowest BCUT2D eigenvalue weighted by Crippen LogP contribution is -2.45. The molecule has 0 radical (unpaired) electrons. The number of likely N-dealkylation sites (tertiary alicyclic amines) is 1. The Labute approximate surface area is 212 Å². The highest BCUT2D eigenvalue weighted by atomic mass is 16.5. The number of fused-ring (bicyclic) bond motifs is 1. The number of amides is 1. The third-order valence-electron chi connectivity index (χ3n) is 7.80. The normalized spacial score (nSPS) is 18.5. The first kappa shape index (κ1) is 24.7. The minimum Gasteiger partial charge on any atom is -0.497 e. The van der Waals surface area contributed by atoms with Crippen LogP contribution in [-0.2, 0) is 24.2 Å². The first-order chi connectivity index (χ1) is 17.5. The Morgan fingerprint density at radius 3 is 2.50 bits per heavy atom. The fourth-order valence-corrected chi connectivity index (χ4v) is 5.41. The molecule has 1 amide bonds. The van der Waals surface area contributed by atoms with Gasteiger partial charge in [0.2, 0.25) is 5.91 Å². The number of aryl methyl sites for hydroxylation is 1. The monoisotopic (exact) mass is 492 g/mol. The molecule has 2 heterocycles. The Balaban J connectivity index is 1.18. The van der Waals surface area contributed by atoms with Gasteiger partial charge in [-0.1, -0.05) is 0 Å². The molecule has 36 heavy (non-hydrogen) atoms. The van der Waals surface area contributed by atoms with Crippen LogP contribution in [0.1, 0.15) is 66.0 Å². The number of carbonyl (C=O) groups excluding carboxylic acids is 2. The number of methoxy groups -OCH3 is 1. The second kappa shape index (κ2) is 10.9. The SMILES string of the molecule is COc1ccc(C(=O)C2CCN(CC(=O)N(Cc3nc4c(c(=O)[nH]3)CCCC4)CC3CC3)CC2)cc1. The zero-order valence-electron chi connectivity index (χ0n) is 21.1. The lowest BCUT2D eigenvalue weighted by atomic mass is 9.89. The van der Waals surface area contributed by atoms with Crippen molar-refractivity contribution >= 4 is 11.7 Å². The highest BCUT2D eigenvalue weighted by Gasteiger charge is 2.31. The van der Waals surface area contributed by atoms with Crippen LogP contribution in [0.3, 0.4) is 0 Å². The Morgan fingerprint density at radius 2 is 1.81 bits per heavy atom. The van der Waals surface area contributed by atoms with E-state index in [0.29, 0.717) is 36.9 Å². The van der Waals surface area contributed by atoms with Crippen LogP contribution in [0.15, 0.2) is 29.1 Å². The van der Waals surface area contributed by atoms with Crippen molar-refractivity contribution in [3.05, 3.63) is 57.3 Å². The average molecular weight is 493 g/mol. The predicted molar refractivity (Wildman–Crippen MR) is 136 cm³/mol. The smallest absolute Gasteiger partial charge is 0.254 e. The van der Waals surface area contributed by atoms with E-state index < -0.39 is 0 Å². The summed E-state index contributed by atoms with van der Waals surface area (Å²) in [5.41, 5.74) is 2.39. The van der Waals surface area contributed by atoms with E-state index in [0.717, 1.165) is 81.5 Å². The second-order valence-electron chi connectivity index (χ2n) is 10.5. The molecule has 5 rings (SSSR count). The number of piperidine rings is 1. The van der Waals surface area contributed by atoms with E-state index in [4.69, 9.17) is 9.72 Å². The van der Waals surface area contributed by atoms with Gasteiger partial charge in [-0.15, -0.1) is 0 Å². The number of carbonyl (C=O) groups is 2. The molecule has 0 spiro atoms. The summed E-state index contributed by atoms with van der Waals surface area (Å²) in [7, 11) is 1.61. The van der Waals surface area contributed by atoms with Crippen LogP contribution < -0.4 is 10.3 Å². The summed E-state index contributed by atoms with van der Waals surface area (Å²) in [5.74, 6) is 2.11. The van der Waals surface area contributed by atoms with Gasteiger partial charge < -0.3 is 14.6 Å². The molecular weight excluding hydrogens is 456 g/mol. The molecule has 2 fully saturated rings. The molecule has 1 aromatic carbocycles. The number of rotatable bonds is 9. The van der Waals surface area contributed by atoms with Crippen LogP contribution >= 0.6 is 0 Å². The zero-order chi connectivity index (χ0) is 25.1. The Morgan fingerprint density at radius 1 is 1.08 bits per heavy atom. The van der Waals surface area contributed by atoms with Crippen molar-refractivity contribution in [3.8, 4) is 5.75 Å². The van der Waals surface area contributed by atoms with Gasteiger partial charge in [0, 0.05) is 23.6 Å². The summed E-state index contributed by atoms with van der Waals surface area (Å²) < 4.78 is 5.18. The van der Waals surface area contributed by atoms with Gasteiger partial charge in [-0.3, -0.25) is 19.3 Å². The molecule has 3 aliphatic rings. The number of Topliss-reactive ketones (excluding diaryl/α,β-unsaturated/α-hetero) is 1. The molecule has 1 N–H and O–H groups in total. The van der Waals surface area contributed by atoms with Gasteiger partial charge in [-0.2, -0.15) is 0 Å². The number of hydrogen-bond acceptors (Lipinski definition) is 6. The molecule has 8 heteroatoms. The van der Waals surface area contributed by atoms with E-state index in [1.54, 1.807) is 7.11 Å². The fourth-order valence-electron chi connectivity index (χ4n) is 5.41. The van der Waals surface area contributed by atoms with Gasteiger partial charge in [0.25, 0.3) is 5.56 Å². The van der Waals surface area contributed by atoms with E-state index in [1.165, 1.54) is 0 Å². The highest BCUT2D eigenvalue weighted by molar-refractivity contribution is 5.98. The third-order valence-corrected chi connectivity index (χ3v) is 7.80. The Bertz CT molecular complexity index is 1150. The Kier molecular flexibility index (Phi) is 7.51. The quantitative estimate of drug-likeness (QED) is 0.541. The summed E-state index contributed by atoms with van der Waals surface area (Å²) in [6, 6.07) is 7.29. The summed E-state index contributed by atoms with van der Waals surface area (Å²) in [5, 5.41) is 0. The number of benzene rings is 1. The van der Waals surface area contributed by atoms with Gasteiger partial charge in [-0.05, 0) is 94.6 Å². The first-order valence-corrected chi connectivity index (χ1v) is 13.3. The summed E-state index contributed by atoms with van der Waals surface area (Å²) in [4.78, 5) is 50.5. The van der Waals surface area contributed by atoms with Crippen molar-refractivity contribution in [2.45, 2.75) is 57.9 Å². The largest absolute Gasteiger partial charge is 0.497 e. The van der Waals surface area contributed by atoms with Crippen LogP contribution in [0.25, 0.3) is 0 Å². The summed E-state index contributed by atoms with van der Waals surface area (Å²) in [6.45, 7) is 2.86. The molecule has 1 saturated carbocycles. The van der Waals surface area contributed by atoms with Crippen molar-refractivity contribution in [1.29, 1.82) is 0 Å². The van der Waals surface area contributed by atoms with Crippen molar-refractivity contribution in [3.63, 3.8) is 0 Å². The van der Waals surface area contributed by atoms with Crippen molar-refractivity contribution in [2.75, 3.05) is 33.3 Å². The zero-order valence-corrected chi connectivity index (χ0v) is 21.1. The van der Waals surface area contributed by atoms with Gasteiger partial charge >= 0.3 is 0 Å². The minimum atomic E-state index is -0.0443. The van der Waals surface area contributed by atoms with Crippen LogP contribution in [-0.4, -0.2) is 64.7 Å². The van der Waals surface area contributed by atoms with Crippen LogP contribution in [0.4, 0.5) is 0 Å². The lowest BCUT2D eigenvalue weighted by molar-refractivity contribution is -0.133. The van der Waals surface area contributed by atoms with Gasteiger partial charge in [-0.25, -0.2) is 4.98 Å². The predicted octanol–water partition coefficient (Wildman–Crippen LogP) is 2.99. The molecule has 1 saturated heterocycles. The minimum absolute atomic E-state index is 0.0166. The van der Waals surface area contributed by atoms with Crippen LogP contribution in [0, 0.1) is 11.8 Å². The summed E-state index contributed by atoms with van der Waals surface area (Å²) >= 11 is 0. The molecule has 1 aromatic heterocycles. The van der Waals surface area contributed by atoms with Crippen molar-refractivity contribution in [1.82, 2.24) is 19.8 Å². The standard InChI is InChI=1S/C28H36N4O4/c1-36-22-10-8-20(9-11-22)27(34)21-12-14-31(15-13-21)18-26(33)32(16-19-6-7-19)17-25-29-24-5-3-2-4-23(24)28(35)30-25/h8-11,19,21H,2-7,12-18H2,1H3,(H,29,30,35). The topological polar surface area (TPSA) is 95.6 Å². The number of H-pyrrole nitrogens is 1. The molecule has 0 bridgehead atoms. The lowest BCUT2D eigenvalue weighted by Gasteiger charge is -2.32. The number of aromatic amines is 1. The summed E-state index contributed by atoms with van der Waals surface area (Å²) in [6.07, 6.45) is 7.53. The molecule has 2 aliphatic carbocycles. The van der Waals surface area contributed by atoms with Crippen molar-refractivity contribution < 1.29 is 14.3 Å². The third kappa shape index (κ3) is 5.86. The van der Waals surface area contributed by atoms with E-state index in [2.05, 4.69) is 9.88 Å². The fraction of sp³-hybridized carbons (Fsp3) is 0.571. The second-order valence-corrected chi connectivity index (χ2v) is 10.5. The van der Waals surface area contributed by atoms with E-state index in [-0.39, 0.29) is 23.2 Å². The van der Waals surface area contributed by atoms with Gasteiger partial charge in [0.05, 0.1) is 25.9 Å². The van der Waals surface area contributed by atoms with E-state index >= 15 is 0 Å². The molecule has 0 unspecified atom stereocenters. The number of nitrogens with one attached hydrogen (secondary N) is 1. The first-order valence-electron chi connectivity index (χ1n) is 13.3.